The lowest BCUT2D eigenvalue weighted by molar-refractivity contribution is -0.160. The Kier molecular flexibility index (Phi) is 4.84. The van der Waals surface area contributed by atoms with Crippen molar-refractivity contribution in [3.05, 3.63) is 11.6 Å². The maximum atomic E-state index is 13.9. The van der Waals surface area contributed by atoms with E-state index in [1.807, 2.05) is 0 Å². The molecule has 0 bridgehead atoms. The van der Waals surface area contributed by atoms with Crippen LogP contribution in [0.2, 0.25) is 0 Å². The minimum atomic E-state index is -0.156. The van der Waals surface area contributed by atoms with Gasteiger partial charge in [0, 0.05) is 17.9 Å². The summed E-state index contributed by atoms with van der Waals surface area (Å²) in [4.78, 5) is 26.0. The summed E-state index contributed by atoms with van der Waals surface area (Å²) < 4.78 is 0. The predicted octanol–water partition coefficient (Wildman–Crippen LogP) is 4.61. The molecular formula is C27H42N2O2. The lowest BCUT2D eigenvalue weighted by atomic mass is 9.38. The molecular weight excluding hydrogens is 384 g/mol. The third-order valence-electron chi connectivity index (χ3n) is 11.5. The second-order valence-electron chi connectivity index (χ2n) is 12.9. The highest BCUT2D eigenvalue weighted by molar-refractivity contribution is 5.95. The first-order valence-electron chi connectivity index (χ1n) is 12.8. The molecule has 0 aromatic carbocycles. The van der Waals surface area contributed by atoms with Gasteiger partial charge in [-0.05, 0) is 104 Å². The molecule has 10 atom stereocenters. The van der Waals surface area contributed by atoms with Gasteiger partial charge >= 0.3 is 0 Å². The lowest BCUT2D eigenvalue weighted by Gasteiger charge is -2.65. The van der Waals surface area contributed by atoms with Crippen molar-refractivity contribution in [1.82, 2.24) is 0 Å². The highest BCUT2D eigenvalue weighted by atomic mass is 16.1. The smallest absolute Gasteiger partial charge is 0.220 e. The van der Waals surface area contributed by atoms with Crippen LogP contribution < -0.4 is 11.5 Å². The fraction of sp³-hybridized carbons (Fsp3) is 0.852. The Morgan fingerprint density at radius 1 is 0.968 bits per heavy atom. The van der Waals surface area contributed by atoms with E-state index in [2.05, 4.69) is 33.8 Å². The van der Waals surface area contributed by atoms with Crippen LogP contribution in [0.1, 0.15) is 85.5 Å². The van der Waals surface area contributed by atoms with Crippen LogP contribution in [0.4, 0.5) is 0 Å². The molecule has 0 aromatic heterocycles. The van der Waals surface area contributed by atoms with Crippen molar-refractivity contribution in [3.63, 3.8) is 0 Å². The van der Waals surface area contributed by atoms with Crippen molar-refractivity contribution in [1.29, 1.82) is 0 Å². The van der Waals surface area contributed by atoms with Crippen molar-refractivity contribution in [2.45, 2.75) is 91.5 Å². The molecule has 0 saturated heterocycles. The topological polar surface area (TPSA) is 86.2 Å². The first-order chi connectivity index (χ1) is 14.5. The van der Waals surface area contributed by atoms with Gasteiger partial charge < -0.3 is 11.5 Å². The lowest BCUT2D eigenvalue weighted by Crippen LogP contribution is -2.62. The van der Waals surface area contributed by atoms with Gasteiger partial charge in [0.05, 0.1) is 0 Å². The van der Waals surface area contributed by atoms with Gasteiger partial charge in [-0.1, -0.05) is 33.3 Å². The molecule has 4 fully saturated rings. The minimum Gasteiger partial charge on any atom is -0.369 e. The average molecular weight is 427 g/mol. The molecule has 0 spiro atoms. The Bertz CT molecular complexity index is 835. The number of ketones is 1. The Balaban J connectivity index is 1.55. The molecule has 9 unspecified atom stereocenters. The van der Waals surface area contributed by atoms with Crippen LogP contribution >= 0.6 is 0 Å². The Labute approximate surface area is 188 Å². The zero-order valence-corrected chi connectivity index (χ0v) is 20.0. The molecule has 4 N–H and O–H groups in total. The molecule has 0 heterocycles. The maximum absolute atomic E-state index is 13.9. The molecule has 0 aliphatic heterocycles. The van der Waals surface area contributed by atoms with E-state index in [0.29, 0.717) is 29.5 Å². The predicted molar refractivity (Wildman–Crippen MR) is 123 cm³/mol. The second kappa shape index (κ2) is 6.92. The average Bonchev–Trinajstić information content (AvgIpc) is 2.69. The third-order valence-corrected chi connectivity index (χ3v) is 11.5. The van der Waals surface area contributed by atoms with E-state index in [1.54, 1.807) is 0 Å². The number of amides is 1. The molecule has 4 heteroatoms. The van der Waals surface area contributed by atoms with Gasteiger partial charge in [0.2, 0.25) is 5.91 Å². The minimum absolute atomic E-state index is 0.0349. The van der Waals surface area contributed by atoms with Crippen LogP contribution in [0.25, 0.3) is 0 Å². The summed E-state index contributed by atoms with van der Waals surface area (Å²) >= 11 is 0. The second-order valence-corrected chi connectivity index (χ2v) is 12.9. The summed E-state index contributed by atoms with van der Waals surface area (Å²) in [6.45, 7) is 9.57. The van der Waals surface area contributed by atoms with Crippen LogP contribution in [0, 0.1) is 51.8 Å². The molecule has 0 aromatic rings. The highest BCUT2D eigenvalue weighted by Gasteiger charge is 2.64. The Hall–Kier alpha value is -1.16. The fourth-order valence-electron chi connectivity index (χ4n) is 9.67. The highest BCUT2D eigenvalue weighted by Crippen LogP contribution is 2.69. The number of allylic oxidation sites excluding steroid dienone is 2. The van der Waals surface area contributed by atoms with E-state index >= 15 is 0 Å². The maximum Gasteiger partial charge on any atom is 0.220 e. The van der Waals surface area contributed by atoms with Crippen molar-refractivity contribution >= 4 is 11.7 Å². The van der Waals surface area contributed by atoms with E-state index in [4.69, 9.17) is 11.5 Å². The summed E-state index contributed by atoms with van der Waals surface area (Å²) in [7, 11) is 0. The number of nitrogens with two attached hydrogens (primary N) is 2. The molecule has 5 rings (SSSR count). The normalized spacial score (nSPS) is 54.0. The van der Waals surface area contributed by atoms with Gasteiger partial charge in [-0.2, -0.15) is 0 Å². The monoisotopic (exact) mass is 426 g/mol. The van der Waals surface area contributed by atoms with E-state index < -0.39 is 0 Å². The van der Waals surface area contributed by atoms with Crippen LogP contribution in [-0.4, -0.2) is 17.7 Å². The van der Waals surface area contributed by atoms with Gasteiger partial charge in [-0.15, -0.1) is 0 Å². The summed E-state index contributed by atoms with van der Waals surface area (Å²) in [6, 6.07) is 0.274. The van der Waals surface area contributed by atoms with Gasteiger partial charge in [-0.25, -0.2) is 0 Å². The molecule has 1 amide bonds. The summed E-state index contributed by atoms with van der Waals surface area (Å²) in [5.74, 6) is 2.15. The molecule has 4 saturated carbocycles. The van der Waals surface area contributed by atoms with E-state index in [1.165, 1.54) is 24.8 Å². The summed E-state index contributed by atoms with van der Waals surface area (Å²) in [6.07, 6.45) is 11.7. The van der Waals surface area contributed by atoms with Crippen LogP contribution in [0.3, 0.4) is 0 Å². The van der Waals surface area contributed by atoms with Crippen molar-refractivity contribution < 1.29 is 9.59 Å². The largest absolute Gasteiger partial charge is 0.369 e. The number of hydrogen-bond donors (Lipinski definition) is 2. The zero-order chi connectivity index (χ0) is 22.3. The van der Waals surface area contributed by atoms with Gasteiger partial charge in [-0.3, -0.25) is 9.59 Å². The third kappa shape index (κ3) is 2.89. The van der Waals surface area contributed by atoms with E-state index in [0.717, 1.165) is 38.5 Å². The zero-order valence-electron chi connectivity index (χ0n) is 20.0. The van der Waals surface area contributed by atoms with Crippen LogP contribution in [0.15, 0.2) is 11.6 Å². The first-order valence-corrected chi connectivity index (χ1v) is 12.8. The molecule has 4 nitrogen and oxygen atoms in total. The number of hydrogen-bond acceptors (Lipinski definition) is 3. The van der Waals surface area contributed by atoms with Crippen molar-refractivity contribution in [3.8, 4) is 0 Å². The Morgan fingerprint density at radius 2 is 1.65 bits per heavy atom. The number of fused-ring (bicyclic) bond motifs is 7. The van der Waals surface area contributed by atoms with Gasteiger partial charge in [0.15, 0.2) is 5.78 Å². The standard InChI is InChI=1S/C27H42N2O2/c1-15-18-7-11-27(4)19-6-10-25(2)9-5-16(24(29)31)13-20(25)17(19)14-22(30)23(27)26(18,3)12-8-21(15)28/h14-16,18-21,23H,5-13,28H2,1-4H3,(H2,29,31)/t15-,16?,18?,19?,20?,21?,23?,25?,26?,27?/m0/s1. The molecule has 5 aliphatic rings. The van der Waals surface area contributed by atoms with Gasteiger partial charge in [0.25, 0.3) is 0 Å². The van der Waals surface area contributed by atoms with Gasteiger partial charge in [0.1, 0.15) is 0 Å². The van der Waals surface area contributed by atoms with E-state index in [-0.39, 0.29) is 40.0 Å². The van der Waals surface area contributed by atoms with Crippen molar-refractivity contribution in [2.75, 3.05) is 0 Å². The number of primary amides is 1. The summed E-state index contributed by atoms with van der Waals surface area (Å²) in [5, 5.41) is 0. The molecule has 0 radical (unpaired) electrons. The fourth-order valence-corrected chi connectivity index (χ4v) is 9.67. The molecule has 31 heavy (non-hydrogen) atoms. The number of rotatable bonds is 1. The first kappa shape index (κ1) is 21.7. The summed E-state index contributed by atoms with van der Waals surface area (Å²) in [5.41, 5.74) is 13.9. The van der Waals surface area contributed by atoms with Crippen LogP contribution in [-0.2, 0) is 9.59 Å². The molecule has 172 valence electrons. The number of carbonyl (C=O) groups excluding carboxylic acids is 2. The number of carbonyl (C=O) groups is 2. The molecule has 5 aliphatic carbocycles. The van der Waals surface area contributed by atoms with Crippen LogP contribution in [0.5, 0.6) is 0 Å². The Morgan fingerprint density at radius 3 is 2.35 bits per heavy atom. The van der Waals surface area contributed by atoms with Crippen molar-refractivity contribution in [2.24, 2.45) is 63.2 Å². The quantitative estimate of drug-likeness (QED) is 0.642. The SMILES string of the molecule is C[C@@H]1C(N)CCC2(C)C1CCC1(C)C3CCC4(C)CCC(C(N)=O)CC4C3=CC(=O)C12. The van der Waals surface area contributed by atoms with E-state index in [9.17, 15) is 9.59 Å².